The number of rotatable bonds is 7. The summed E-state index contributed by atoms with van der Waals surface area (Å²) in [6.45, 7) is 7.90. The fraction of sp³-hybridized carbons (Fsp3) is 0.370. The van der Waals surface area contributed by atoms with Gasteiger partial charge in [0.05, 0.1) is 16.4 Å². The Morgan fingerprint density at radius 1 is 0.818 bits per heavy atom. The van der Waals surface area contributed by atoms with Crippen LogP contribution in [0.25, 0.3) is 21.8 Å². The number of piperazine rings is 1. The summed E-state index contributed by atoms with van der Waals surface area (Å²) < 4.78 is 1.83. The maximum absolute atomic E-state index is 12.8. The van der Waals surface area contributed by atoms with Gasteiger partial charge < -0.3 is 4.90 Å². The van der Waals surface area contributed by atoms with Gasteiger partial charge in [0.2, 0.25) is 0 Å². The summed E-state index contributed by atoms with van der Waals surface area (Å²) in [5.41, 5.74) is 1.95. The van der Waals surface area contributed by atoms with Crippen LogP contribution in [0.5, 0.6) is 0 Å². The molecular formula is C27H31N5O. The van der Waals surface area contributed by atoms with Crippen molar-refractivity contribution in [2.24, 2.45) is 0 Å². The monoisotopic (exact) mass is 441 g/mol. The Labute approximate surface area is 194 Å². The minimum atomic E-state index is 0.0801. The first-order chi connectivity index (χ1) is 16.2. The molecule has 2 aromatic heterocycles. The number of nitrogens with zero attached hydrogens (tertiary/aromatic N) is 5. The van der Waals surface area contributed by atoms with E-state index < -0.39 is 0 Å². The van der Waals surface area contributed by atoms with Gasteiger partial charge in [-0.3, -0.25) is 14.3 Å². The zero-order valence-electron chi connectivity index (χ0n) is 19.3. The van der Waals surface area contributed by atoms with Crippen molar-refractivity contribution in [2.45, 2.75) is 32.7 Å². The average molecular weight is 442 g/mol. The molecule has 170 valence electrons. The molecule has 6 heteroatoms. The predicted octanol–water partition coefficient (Wildman–Crippen LogP) is 4.11. The highest BCUT2D eigenvalue weighted by atomic mass is 16.1. The molecule has 0 aliphatic carbocycles. The van der Waals surface area contributed by atoms with Gasteiger partial charge in [0.15, 0.2) is 0 Å². The second-order valence-electron chi connectivity index (χ2n) is 8.74. The molecule has 0 saturated carbocycles. The van der Waals surface area contributed by atoms with Crippen LogP contribution in [0.1, 0.15) is 25.6 Å². The number of unbranched alkanes of at least 4 members (excludes halogenated alkanes) is 1. The number of aryl methyl sites for hydroxylation is 1. The Bertz CT molecular complexity index is 1310. The van der Waals surface area contributed by atoms with E-state index in [1.165, 1.54) is 5.39 Å². The number of pyridine rings is 1. The van der Waals surface area contributed by atoms with Gasteiger partial charge in [0.1, 0.15) is 11.6 Å². The summed E-state index contributed by atoms with van der Waals surface area (Å²) in [4.78, 5) is 27.4. The van der Waals surface area contributed by atoms with Crippen LogP contribution in [0.2, 0.25) is 0 Å². The lowest BCUT2D eigenvalue weighted by Gasteiger charge is -2.35. The summed E-state index contributed by atoms with van der Waals surface area (Å²) in [7, 11) is 0. The number of hydrogen-bond acceptors (Lipinski definition) is 5. The predicted molar refractivity (Wildman–Crippen MR) is 135 cm³/mol. The Morgan fingerprint density at radius 3 is 2.39 bits per heavy atom. The molecule has 0 radical (unpaired) electrons. The molecule has 0 atom stereocenters. The minimum absolute atomic E-state index is 0.0801. The van der Waals surface area contributed by atoms with E-state index >= 15 is 0 Å². The van der Waals surface area contributed by atoms with Crippen molar-refractivity contribution in [1.29, 1.82) is 0 Å². The normalized spacial score (nSPS) is 14.9. The molecule has 1 fully saturated rings. The largest absolute Gasteiger partial charge is 0.354 e. The Morgan fingerprint density at radius 2 is 1.58 bits per heavy atom. The number of para-hydroxylation sites is 2. The molecule has 0 spiro atoms. The zero-order chi connectivity index (χ0) is 22.6. The van der Waals surface area contributed by atoms with Gasteiger partial charge in [-0.1, -0.05) is 30.3 Å². The Hall–Kier alpha value is -3.25. The fourth-order valence-electron chi connectivity index (χ4n) is 4.78. The van der Waals surface area contributed by atoms with E-state index in [1.807, 2.05) is 41.8 Å². The second kappa shape index (κ2) is 9.71. The summed E-state index contributed by atoms with van der Waals surface area (Å²) in [5, 5.41) is 1.90. The summed E-state index contributed by atoms with van der Waals surface area (Å²) in [6, 6.07) is 20.3. The fourth-order valence-corrected chi connectivity index (χ4v) is 4.78. The first-order valence-electron chi connectivity index (χ1n) is 12.0. The van der Waals surface area contributed by atoms with E-state index in [0.717, 1.165) is 74.7 Å². The van der Waals surface area contributed by atoms with Gasteiger partial charge in [-0.05, 0) is 56.6 Å². The first-order valence-corrected chi connectivity index (χ1v) is 12.0. The number of aromatic nitrogens is 3. The van der Waals surface area contributed by atoms with E-state index in [1.54, 1.807) is 0 Å². The molecule has 33 heavy (non-hydrogen) atoms. The minimum Gasteiger partial charge on any atom is -0.354 e. The number of benzene rings is 2. The second-order valence-corrected chi connectivity index (χ2v) is 8.74. The van der Waals surface area contributed by atoms with Crippen molar-refractivity contribution in [3.8, 4) is 0 Å². The van der Waals surface area contributed by atoms with Crippen molar-refractivity contribution in [3.63, 3.8) is 0 Å². The molecule has 0 N–H and O–H groups in total. The van der Waals surface area contributed by atoms with Gasteiger partial charge in [-0.2, -0.15) is 0 Å². The summed E-state index contributed by atoms with van der Waals surface area (Å²) >= 11 is 0. The molecule has 0 unspecified atom stereocenters. The smallest absolute Gasteiger partial charge is 0.261 e. The third kappa shape index (κ3) is 4.62. The van der Waals surface area contributed by atoms with Crippen LogP contribution >= 0.6 is 0 Å². The van der Waals surface area contributed by atoms with Crippen LogP contribution in [0.15, 0.2) is 65.5 Å². The lowest BCUT2D eigenvalue weighted by atomic mass is 10.2. The molecule has 1 aliphatic heterocycles. The maximum Gasteiger partial charge on any atom is 0.261 e. The average Bonchev–Trinajstić information content (AvgIpc) is 2.87. The van der Waals surface area contributed by atoms with E-state index in [4.69, 9.17) is 9.97 Å². The molecular weight excluding hydrogens is 410 g/mol. The van der Waals surface area contributed by atoms with Gasteiger partial charge in [0, 0.05) is 44.5 Å². The molecule has 4 aromatic rings. The summed E-state index contributed by atoms with van der Waals surface area (Å²) in [5.74, 6) is 1.99. The highest BCUT2D eigenvalue weighted by Gasteiger charge is 2.18. The van der Waals surface area contributed by atoms with Crippen LogP contribution < -0.4 is 10.5 Å². The third-order valence-electron chi connectivity index (χ3n) is 6.66. The van der Waals surface area contributed by atoms with Crippen LogP contribution in [-0.2, 0) is 13.0 Å². The van der Waals surface area contributed by atoms with Crippen LogP contribution in [0, 0.1) is 0 Å². The first kappa shape index (κ1) is 21.6. The van der Waals surface area contributed by atoms with Crippen molar-refractivity contribution in [2.75, 3.05) is 37.6 Å². The van der Waals surface area contributed by atoms with E-state index in [2.05, 4.69) is 40.1 Å². The van der Waals surface area contributed by atoms with Gasteiger partial charge in [-0.15, -0.1) is 0 Å². The molecule has 3 heterocycles. The lowest BCUT2D eigenvalue weighted by Crippen LogP contribution is -2.46. The topological polar surface area (TPSA) is 54.3 Å². The Balaban J connectivity index is 1.13. The van der Waals surface area contributed by atoms with Crippen molar-refractivity contribution >= 4 is 27.6 Å². The standard InChI is InChI=1S/C27H31N5O/c1-2-32-26(29-24-12-6-4-10-22(24)27(32)33)13-7-8-16-30-17-19-31(20-18-30)25-15-14-21-9-3-5-11-23(21)28-25/h3-6,9-12,14-15H,2,7-8,13,16-20H2,1H3. The summed E-state index contributed by atoms with van der Waals surface area (Å²) in [6.07, 6.45) is 2.99. The highest BCUT2D eigenvalue weighted by molar-refractivity contribution is 5.80. The quantitative estimate of drug-likeness (QED) is 0.404. The molecule has 1 saturated heterocycles. The molecule has 2 aromatic carbocycles. The molecule has 6 nitrogen and oxygen atoms in total. The SMILES string of the molecule is CCn1c(CCCCN2CCN(c3ccc4ccccc4n3)CC2)nc2ccccc2c1=O. The van der Waals surface area contributed by atoms with E-state index in [9.17, 15) is 4.79 Å². The van der Waals surface area contributed by atoms with Gasteiger partial charge in [-0.25, -0.2) is 9.97 Å². The van der Waals surface area contributed by atoms with Gasteiger partial charge >= 0.3 is 0 Å². The van der Waals surface area contributed by atoms with E-state index in [-0.39, 0.29) is 5.56 Å². The highest BCUT2D eigenvalue weighted by Crippen LogP contribution is 2.19. The van der Waals surface area contributed by atoms with Crippen LogP contribution in [0.3, 0.4) is 0 Å². The third-order valence-corrected chi connectivity index (χ3v) is 6.66. The maximum atomic E-state index is 12.8. The molecule has 1 aliphatic rings. The number of anilines is 1. The molecule has 0 amide bonds. The number of hydrogen-bond donors (Lipinski definition) is 0. The Kier molecular flexibility index (Phi) is 6.35. The van der Waals surface area contributed by atoms with Gasteiger partial charge in [0.25, 0.3) is 5.56 Å². The van der Waals surface area contributed by atoms with Crippen molar-refractivity contribution in [1.82, 2.24) is 19.4 Å². The molecule has 0 bridgehead atoms. The zero-order valence-corrected chi connectivity index (χ0v) is 19.3. The lowest BCUT2D eigenvalue weighted by molar-refractivity contribution is 0.252. The number of fused-ring (bicyclic) bond motifs is 2. The van der Waals surface area contributed by atoms with Crippen molar-refractivity contribution in [3.05, 3.63) is 76.8 Å². The van der Waals surface area contributed by atoms with E-state index in [0.29, 0.717) is 11.9 Å². The van der Waals surface area contributed by atoms with Crippen LogP contribution in [0.4, 0.5) is 5.82 Å². The molecule has 5 rings (SSSR count). The van der Waals surface area contributed by atoms with Crippen molar-refractivity contribution < 1.29 is 0 Å². The van der Waals surface area contributed by atoms with Crippen LogP contribution in [-0.4, -0.2) is 52.2 Å².